The Morgan fingerprint density at radius 1 is 1.08 bits per heavy atom. The van der Waals surface area contributed by atoms with Crippen molar-refractivity contribution in [2.24, 2.45) is 0 Å². The number of hydrogen-bond donors (Lipinski definition) is 1. The first-order valence-electron chi connectivity index (χ1n) is 7.92. The molecule has 1 aliphatic rings. The van der Waals surface area contributed by atoms with Gasteiger partial charge in [-0.05, 0) is 41.8 Å². The van der Waals surface area contributed by atoms with E-state index >= 15 is 0 Å². The lowest BCUT2D eigenvalue weighted by Crippen LogP contribution is -2.38. The minimum atomic E-state index is -0.0495. The number of anilines is 1. The first kappa shape index (κ1) is 14.9. The van der Waals surface area contributed by atoms with Gasteiger partial charge in [0.15, 0.2) is 0 Å². The SMILES string of the molecule is O=C(Nc1ccc(-c2nccs2)cc1)N1CCc2ccccc2C1. The van der Waals surface area contributed by atoms with Crippen molar-refractivity contribution in [1.82, 2.24) is 9.88 Å². The van der Waals surface area contributed by atoms with Crippen LogP contribution >= 0.6 is 11.3 Å². The summed E-state index contributed by atoms with van der Waals surface area (Å²) < 4.78 is 0. The summed E-state index contributed by atoms with van der Waals surface area (Å²) in [5.41, 5.74) is 4.45. The molecule has 2 heterocycles. The number of urea groups is 1. The van der Waals surface area contributed by atoms with Gasteiger partial charge in [-0.1, -0.05) is 24.3 Å². The van der Waals surface area contributed by atoms with Crippen molar-refractivity contribution in [3.05, 3.63) is 71.2 Å². The van der Waals surface area contributed by atoms with Crippen molar-refractivity contribution >= 4 is 23.1 Å². The number of hydrogen-bond acceptors (Lipinski definition) is 3. The Morgan fingerprint density at radius 3 is 2.62 bits per heavy atom. The van der Waals surface area contributed by atoms with Gasteiger partial charge in [-0.15, -0.1) is 11.3 Å². The van der Waals surface area contributed by atoms with E-state index in [9.17, 15) is 4.79 Å². The standard InChI is InChI=1S/C19H17N3OS/c23-19(22-11-9-14-3-1-2-4-16(14)13-22)21-17-7-5-15(6-8-17)18-20-10-12-24-18/h1-8,10,12H,9,11,13H2,(H,21,23). The molecule has 0 saturated carbocycles. The smallest absolute Gasteiger partial charge is 0.320 e. The van der Waals surface area contributed by atoms with Crippen LogP contribution in [-0.2, 0) is 13.0 Å². The molecule has 1 aliphatic heterocycles. The lowest BCUT2D eigenvalue weighted by molar-refractivity contribution is 0.206. The van der Waals surface area contributed by atoms with Crippen molar-refractivity contribution in [2.45, 2.75) is 13.0 Å². The molecule has 4 rings (SSSR count). The Kier molecular flexibility index (Phi) is 4.01. The summed E-state index contributed by atoms with van der Waals surface area (Å²) in [5, 5.41) is 5.93. The van der Waals surface area contributed by atoms with Crippen molar-refractivity contribution in [3.8, 4) is 10.6 Å². The number of amides is 2. The van der Waals surface area contributed by atoms with Gasteiger partial charge in [0, 0.05) is 35.9 Å². The zero-order chi connectivity index (χ0) is 16.4. The van der Waals surface area contributed by atoms with Crippen LogP contribution in [0.1, 0.15) is 11.1 Å². The van der Waals surface area contributed by atoms with Crippen molar-refractivity contribution in [2.75, 3.05) is 11.9 Å². The number of aromatic nitrogens is 1. The van der Waals surface area contributed by atoms with E-state index in [4.69, 9.17) is 0 Å². The monoisotopic (exact) mass is 335 g/mol. The number of rotatable bonds is 2. The van der Waals surface area contributed by atoms with E-state index < -0.39 is 0 Å². The number of nitrogens with zero attached hydrogens (tertiary/aromatic N) is 2. The van der Waals surface area contributed by atoms with E-state index in [-0.39, 0.29) is 6.03 Å². The third kappa shape index (κ3) is 3.03. The highest BCUT2D eigenvalue weighted by atomic mass is 32.1. The molecular formula is C19H17N3OS. The number of carbonyl (C=O) groups excluding carboxylic acids is 1. The number of benzene rings is 2. The third-order valence-corrected chi connectivity index (χ3v) is 5.06. The molecular weight excluding hydrogens is 318 g/mol. The molecule has 1 N–H and O–H groups in total. The van der Waals surface area contributed by atoms with Crippen LogP contribution in [-0.4, -0.2) is 22.5 Å². The van der Waals surface area contributed by atoms with Gasteiger partial charge in [0.1, 0.15) is 5.01 Å². The Hall–Kier alpha value is -2.66. The maximum absolute atomic E-state index is 12.5. The minimum Gasteiger partial charge on any atom is -0.320 e. The fraction of sp³-hybridized carbons (Fsp3) is 0.158. The normalized spacial score (nSPS) is 13.4. The second-order valence-electron chi connectivity index (χ2n) is 5.79. The second-order valence-corrected chi connectivity index (χ2v) is 6.68. The molecule has 4 nitrogen and oxygen atoms in total. The number of thiazole rings is 1. The molecule has 0 bridgehead atoms. The Labute approximate surface area is 144 Å². The molecule has 0 aliphatic carbocycles. The first-order chi connectivity index (χ1) is 11.8. The topological polar surface area (TPSA) is 45.2 Å². The summed E-state index contributed by atoms with van der Waals surface area (Å²) in [4.78, 5) is 18.6. The van der Waals surface area contributed by atoms with Crippen LogP contribution in [0.25, 0.3) is 10.6 Å². The lowest BCUT2D eigenvalue weighted by Gasteiger charge is -2.29. The maximum Gasteiger partial charge on any atom is 0.322 e. The maximum atomic E-state index is 12.5. The van der Waals surface area contributed by atoms with Gasteiger partial charge in [-0.25, -0.2) is 9.78 Å². The van der Waals surface area contributed by atoms with Crippen LogP contribution in [0.4, 0.5) is 10.5 Å². The fourth-order valence-corrected chi connectivity index (χ4v) is 3.58. The molecule has 5 heteroatoms. The molecule has 2 amide bonds. The van der Waals surface area contributed by atoms with E-state index in [1.165, 1.54) is 11.1 Å². The van der Waals surface area contributed by atoms with E-state index in [0.29, 0.717) is 6.54 Å². The van der Waals surface area contributed by atoms with Crippen LogP contribution in [0, 0.1) is 0 Å². The van der Waals surface area contributed by atoms with E-state index in [0.717, 1.165) is 29.2 Å². The molecule has 1 aromatic heterocycles. The Bertz CT molecular complexity index is 843. The van der Waals surface area contributed by atoms with E-state index in [1.54, 1.807) is 17.5 Å². The predicted molar refractivity (Wildman–Crippen MR) is 97.1 cm³/mol. The molecule has 24 heavy (non-hydrogen) atoms. The fourth-order valence-electron chi connectivity index (χ4n) is 2.93. The average molecular weight is 335 g/mol. The summed E-state index contributed by atoms with van der Waals surface area (Å²) in [6.07, 6.45) is 2.70. The van der Waals surface area contributed by atoms with Gasteiger partial charge < -0.3 is 10.2 Å². The second kappa shape index (κ2) is 6.45. The quantitative estimate of drug-likeness (QED) is 0.754. The molecule has 0 atom stereocenters. The van der Waals surface area contributed by atoms with Crippen LogP contribution in [0.5, 0.6) is 0 Å². The molecule has 0 unspecified atom stereocenters. The number of nitrogens with one attached hydrogen (secondary N) is 1. The Balaban J connectivity index is 1.43. The van der Waals surface area contributed by atoms with Gasteiger partial charge in [-0.3, -0.25) is 0 Å². The third-order valence-electron chi connectivity index (χ3n) is 4.23. The van der Waals surface area contributed by atoms with Gasteiger partial charge in [0.25, 0.3) is 0 Å². The van der Waals surface area contributed by atoms with Crippen molar-refractivity contribution < 1.29 is 4.79 Å². The average Bonchev–Trinajstić information content (AvgIpc) is 3.16. The summed E-state index contributed by atoms with van der Waals surface area (Å²) in [6, 6.07) is 16.1. The molecule has 0 radical (unpaired) electrons. The highest BCUT2D eigenvalue weighted by Gasteiger charge is 2.20. The zero-order valence-corrected chi connectivity index (χ0v) is 13.9. The highest BCUT2D eigenvalue weighted by molar-refractivity contribution is 7.13. The summed E-state index contributed by atoms with van der Waals surface area (Å²) in [5.74, 6) is 0. The number of fused-ring (bicyclic) bond motifs is 1. The molecule has 2 aromatic carbocycles. The van der Waals surface area contributed by atoms with Gasteiger partial charge >= 0.3 is 6.03 Å². The van der Waals surface area contributed by atoms with Crippen molar-refractivity contribution in [1.29, 1.82) is 0 Å². The largest absolute Gasteiger partial charge is 0.322 e. The van der Waals surface area contributed by atoms with E-state index in [1.807, 2.05) is 40.6 Å². The molecule has 0 spiro atoms. The van der Waals surface area contributed by atoms with Crippen LogP contribution < -0.4 is 5.32 Å². The van der Waals surface area contributed by atoms with Gasteiger partial charge in [-0.2, -0.15) is 0 Å². The van der Waals surface area contributed by atoms with Gasteiger partial charge in [0.2, 0.25) is 0 Å². The van der Waals surface area contributed by atoms with Crippen LogP contribution in [0.3, 0.4) is 0 Å². The number of carbonyl (C=O) groups is 1. The molecule has 0 saturated heterocycles. The van der Waals surface area contributed by atoms with Crippen LogP contribution in [0.2, 0.25) is 0 Å². The highest BCUT2D eigenvalue weighted by Crippen LogP contribution is 2.24. The van der Waals surface area contributed by atoms with Crippen molar-refractivity contribution in [3.63, 3.8) is 0 Å². The summed E-state index contributed by atoms with van der Waals surface area (Å²) in [6.45, 7) is 1.42. The van der Waals surface area contributed by atoms with Crippen LogP contribution in [0.15, 0.2) is 60.1 Å². The Morgan fingerprint density at radius 2 is 1.88 bits per heavy atom. The summed E-state index contributed by atoms with van der Waals surface area (Å²) in [7, 11) is 0. The first-order valence-corrected chi connectivity index (χ1v) is 8.80. The minimum absolute atomic E-state index is 0.0495. The molecule has 3 aromatic rings. The molecule has 0 fully saturated rings. The summed E-state index contributed by atoms with van der Waals surface area (Å²) >= 11 is 1.61. The van der Waals surface area contributed by atoms with E-state index in [2.05, 4.69) is 28.5 Å². The predicted octanol–water partition coefficient (Wildman–Crippen LogP) is 4.40. The lowest BCUT2D eigenvalue weighted by atomic mass is 10.0. The zero-order valence-electron chi connectivity index (χ0n) is 13.1. The molecule has 120 valence electrons. The van der Waals surface area contributed by atoms with Gasteiger partial charge in [0.05, 0.1) is 0 Å².